The van der Waals surface area contributed by atoms with Crippen LogP contribution in [0.2, 0.25) is 0 Å². The predicted octanol–water partition coefficient (Wildman–Crippen LogP) is 1.85. The monoisotopic (exact) mass is 245 g/mol. The molecule has 1 N–H and O–H groups in total. The van der Waals surface area contributed by atoms with Crippen LogP contribution >= 0.6 is 0 Å². The van der Waals surface area contributed by atoms with Crippen LogP contribution in [0, 0.1) is 11.3 Å². The Kier molecular flexibility index (Phi) is 3.58. The first-order valence-corrected chi connectivity index (χ1v) is 5.88. The number of ether oxygens (including phenoxy) is 1. The van der Waals surface area contributed by atoms with Crippen LogP contribution in [-0.4, -0.2) is 23.6 Å². The third-order valence-corrected chi connectivity index (χ3v) is 3.40. The van der Waals surface area contributed by atoms with Crippen molar-refractivity contribution >= 4 is 11.6 Å². The van der Waals surface area contributed by atoms with Crippen molar-refractivity contribution in [2.24, 2.45) is 0 Å². The molecule has 1 aliphatic rings. The summed E-state index contributed by atoms with van der Waals surface area (Å²) in [5.41, 5.74) is 0.568. The van der Waals surface area contributed by atoms with Gasteiger partial charge in [0.2, 0.25) is 5.91 Å². The van der Waals surface area contributed by atoms with Gasteiger partial charge in [0.05, 0.1) is 23.3 Å². The minimum absolute atomic E-state index is 0.126. The van der Waals surface area contributed by atoms with E-state index in [1.54, 1.807) is 19.4 Å². The lowest BCUT2D eigenvalue weighted by atomic mass is 9.77. The molecule has 1 heterocycles. The fourth-order valence-corrected chi connectivity index (χ4v) is 2.10. The molecule has 18 heavy (non-hydrogen) atoms. The van der Waals surface area contributed by atoms with Gasteiger partial charge in [0.15, 0.2) is 0 Å². The molecule has 5 nitrogen and oxygen atoms in total. The lowest BCUT2D eigenvalue weighted by Crippen LogP contribution is -2.42. The first-order valence-electron chi connectivity index (χ1n) is 5.88. The molecule has 0 aromatic carbocycles. The lowest BCUT2D eigenvalue weighted by Gasteiger charge is -2.39. The van der Waals surface area contributed by atoms with Gasteiger partial charge in [-0.15, -0.1) is 0 Å². The lowest BCUT2D eigenvalue weighted by molar-refractivity contribution is -0.129. The Hall–Kier alpha value is -1.93. The van der Waals surface area contributed by atoms with E-state index in [2.05, 4.69) is 10.3 Å². The molecule has 2 rings (SSSR count). The minimum atomic E-state index is -0.302. The number of hydrogen-bond acceptors (Lipinski definition) is 4. The Labute approximate surface area is 106 Å². The van der Waals surface area contributed by atoms with E-state index in [0.29, 0.717) is 17.7 Å². The Balaban J connectivity index is 2.01. The molecule has 0 aliphatic heterocycles. The number of pyridine rings is 1. The summed E-state index contributed by atoms with van der Waals surface area (Å²) < 4.78 is 5.40. The third-order valence-electron chi connectivity index (χ3n) is 3.40. The zero-order chi connectivity index (χ0) is 13.0. The average molecular weight is 245 g/mol. The van der Waals surface area contributed by atoms with Crippen molar-refractivity contribution < 1.29 is 9.53 Å². The van der Waals surface area contributed by atoms with Crippen molar-refractivity contribution in [3.05, 3.63) is 24.0 Å². The number of methoxy groups -OCH3 is 1. The summed E-state index contributed by atoms with van der Waals surface area (Å²) in [6, 6.07) is 3.62. The average Bonchev–Trinajstić information content (AvgIpc) is 2.34. The van der Waals surface area contributed by atoms with Crippen LogP contribution in [0.5, 0.6) is 0 Å². The van der Waals surface area contributed by atoms with Gasteiger partial charge >= 0.3 is 0 Å². The van der Waals surface area contributed by atoms with E-state index in [9.17, 15) is 4.79 Å². The van der Waals surface area contributed by atoms with E-state index < -0.39 is 0 Å². The highest BCUT2D eigenvalue weighted by atomic mass is 16.5. The largest absolute Gasteiger partial charge is 0.378 e. The smallest absolute Gasteiger partial charge is 0.227 e. The van der Waals surface area contributed by atoms with Crippen molar-refractivity contribution in [3.63, 3.8) is 0 Å². The van der Waals surface area contributed by atoms with Gasteiger partial charge in [-0.1, -0.05) is 0 Å². The van der Waals surface area contributed by atoms with Gasteiger partial charge in [-0.3, -0.25) is 9.78 Å². The van der Waals surface area contributed by atoms with Crippen molar-refractivity contribution in [3.8, 4) is 6.07 Å². The molecule has 0 atom stereocenters. The Morgan fingerprint density at radius 3 is 3.00 bits per heavy atom. The van der Waals surface area contributed by atoms with Gasteiger partial charge in [0.25, 0.3) is 0 Å². The number of carbonyl (C=O) groups excluding carboxylic acids is 1. The van der Waals surface area contributed by atoms with Gasteiger partial charge in [-0.05, 0) is 25.3 Å². The molecule has 1 aliphatic carbocycles. The van der Waals surface area contributed by atoms with E-state index in [-0.39, 0.29) is 11.5 Å². The number of amides is 1. The molecule has 94 valence electrons. The van der Waals surface area contributed by atoms with Gasteiger partial charge < -0.3 is 10.1 Å². The molecule has 1 fully saturated rings. The molecule has 1 saturated carbocycles. The Bertz CT molecular complexity index is 484. The quantitative estimate of drug-likeness (QED) is 0.878. The molecule has 0 unspecified atom stereocenters. The summed E-state index contributed by atoms with van der Waals surface area (Å²) >= 11 is 0. The summed E-state index contributed by atoms with van der Waals surface area (Å²) in [5.74, 6) is -0.126. The topological polar surface area (TPSA) is 75.0 Å². The number of nitrogens with zero attached hydrogens (tertiary/aromatic N) is 2. The number of aromatic nitrogens is 1. The summed E-state index contributed by atoms with van der Waals surface area (Å²) in [4.78, 5) is 15.8. The number of anilines is 1. The van der Waals surface area contributed by atoms with Gasteiger partial charge in [-0.2, -0.15) is 5.26 Å². The van der Waals surface area contributed by atoms with E-state index in [0.717, 1.165) is 19.3 Å². The fourth-order valence-electron chi connectivity index (χ4n) is 2.10. The number of hydrogen-bond donors (Lipinski definition) is 1. The first-order chi connectivity index (χ1) is 8.69. The van der Waals surface area contributed by atoms with Crippen LogP contribution in [0.4, 0.5) is 5.69 Å². The summed E-state index contributed by atoms with van der Waals surface area (Å²) in [6.07, 6.45) is 6.24. The Morgan fingerprint density at radius 2 is 2.44 bits per heavy atom. The van der Waals surface area contributed by atoms with Crippen molar-refractivity contribution in [2.45, 2.75) is 31.3 Å². The van der Waals surface area contributed by atoms with Crippen LogP contribution in [0.1, 0.15) is 31.2 Å². The molecular weight excluding hydrogens is 230 g/mol. The number of carbonyl (C=O) groups is 1. The normalized spacial score (nSPS) is 16.4. The second-order valence-corrected chi connectivity index (χ2v) is 4.50. The maximum Gasteiger partial charge on any atom is 0.227 e. The van der Waals surface area contributed by atoms with E-state index in [1.165, 1.54) is 6.20 Å². The first kappa shape index (κ1) is 12.5. The second kappa shape index (κ2) is 5.15. The fraction of sp³-hybridized carbons (Fsp3) is 0.462. The molecule has 5 heteroatoms. The Morgan fingerprint density at radius 1 is 1.67 bits per heavy atom. The summed E-state index contributed by atoms with van der Waals surface area (Å²) in [7, 11) is 1.64. The predicted molar refractivity (Wildman–Crippen MR) is 65.8 cm³/mol. The van der Waals surface area contributed by atoms with Crippen LogP contribution in [0.25, 0.3) is 0 Å². The van der Waals surface area contributed by atoms with E-state index in [1.807, 2.05) is 6.07 Å². The second-order valence-electron chi connectivity index (χ2n) is 4.50. The maximum absolute atomic E-state index is 11.9. The highest BCUT2D eigenvalue weighted by Gasteiger charge is 2.39. The van der Waals surface area contributed by atoms with Gasteiger partial charge in [0.1, 0.15) is 6.07 Å². The zero-order valence-corrected chi connectivity index (χ0v) is 10.3. The minimum Gasteiger partial charge on any atom is -0.378 e. The van der Waals surface area contributed by atoms with Crippen molar-refractivity contribution in [2.75, 3.05) is 12.4 Å². The molecule has 0 saturated heterocycles. The number of rotatable bonds is 4. The maximum atomic E-state index is 11.9. The van der Waals surface area contributed by atoms with Crippen LogP contribution < -0.4 is 5.32 Å². The zero-order valence-electron chi connectivity index (χ0n) is 10.3. The molecular formula is C13H15N3O2. The highest BCUT2D eigenvalue weighted by Crippen LogP contribution is 2.38. The van der Waals surface area contributed by atoms with Gasteiger partial charge in [0, 0.05) is 19.5 Å². The number of nitriles is 1. The summed E-state index contributed by atoms with van der Waals surface area (Å²) in [6.45, 7) is 0. The molecule has 0 spiro atoms. The van der Waals surface area contributed by atoms with Crippen LogP contribution in [0.3, 0.4) is 0 Å². The van der Waals surface area contributed by atoms with E-state index >= 15 is 0 Å². The van der Waals surface area contributed by atoms with Crippen molar-refractivity contribution in [1.82, 2.24) is 4.98 Å². The standard InChI is InChI=1S/C13H15N3O2/c1-18-13(4-2-5-13)7-12(17)16-11-3-6-15-9-10(11)8-14/h3,6,9H,2,4-5,7H2,1H3,(H,15,16,17). The number of nitrogens with one attached hydrogen (secondary N) is 1. The molecule has 1 amide bonds. The van der Waals surface area contributed by atoms with Crippen molar-refractivity contribution in [1.29, 1.82) is 5.26 Å². The summed E-state index contributed by atoms with van der Waals surface area (Å²) in [5, 5.41) is 11.6. The van der Waals surface area contributed by atoms with E-state index in [4.69, 9.17) is 10.00 Å². The molecule has 0 bridgehead atoms. The van der Waals surface area contributed by atoms with Gasteiger partial charge in [-0.25, -0.2) is 0 Å². The molecule has 0 radical (unpaired) electrons. The molecule has 1 aromatic rings. The molecule has 1 aromatic heterocycles. The SMILES string of the molecule is COC1(CC(=O)Nc2ccncc2C#N)CCC1. The highest BCUT2D eigenvalue weighted by molar-refractivity contribution is 5.92. The van der Waals surface area contributed by atoms with Crippen LogP contribution in [-0.2, 0) is 9.53 Å². The third kappa shape index (κ3) is 2.49. The van der Waals surface area contributed by atoms with Crippen LogP contribution in [0.15, 0.2) is 18.5 Å².